The maximum Gasteiger partial charge on any atom is 0.229 e. The molecule has 1 N–H and O–H groups in total. The third-order valence-corrected chi connectivity index (χ3v) is 3.37. The van der Waals surface area contributed by atoms with E-state index in [0.29, 0.717) is 28.9 Å². The molecule has 1 aromatic heterocycles. The van der Waals surface area contributed by atoms with Crippen molar-refractivity contribution < 1.29 is 9.63 Å². The van der Waals surface area contributed by atoms with Crippen molar-refractivity contribution in [2.45, 2.75) is 30.1 Å². The third-order valence-electron chi connectivity index (χ3n) is 2.14. The minimum absolute atomic E-state index is 0.384. The van der Waals surface area contributed by atoms with E-state index in [1.165, 1.54) is 0 Å². The molecule has 0 bridgehead atoms. The standard InChI is InChI=1S/C12H13ClN2O2S/c1-8(16)5-12-14-11(15-17-12)7-18-10-4-2-3-9(13)6-10/h2-4,6,8,16H,5,7H2,1H3. The minimum Gasteiger partial charge on any atom is -0.393 e. The van der Waals surface area contributed by atoms with E-state index in [1.807, 2.05) is 24.3 Å². The molecule has 0 saturated carbocycles. The molecule has 0 amide bonds. The van der Waals surface area contributed by atoms with Crippen molar-refractivity contribution in [2.75, 3.05) is 0 Å². The summed E-state index contributed by atoms with van der Waals surface area (Å²) in [5.74, 6) is 1.70. The van der Waals surface area contributed by atoms with Crippen LogP contribution in [0.1, 0.15) is 18.6 Å². The Morgan fingerprint density at radius 1 is 1.50 bits per heavy atom. The predicted molar refractivity (Wildman–Crippen MR) is 70.7 cm³/mol. The first kappa shape index (κ1) is 13.4. The fraction of sp³-hybridized carbons (Fsp3) is 0.333. The monoisotopic (exact) mass is 284 g/mol. The van der Waals surface area contributed by atoms with E-state index in [9.17, 15) is 5.11 Å². The zero-order valence-corrected chi connectivity index (χ0v) is 11.4. The van der Waals surface area contributed by atoms with Crippen LogP contribution in [0.25, 0.3) is 0 Å². The smallest absolute Gasteiger partial charge is 0.229 e. The number of thioether (sulfide) groups is 1. The number of rotatable bonds is 5. The number of aliphatic hydroxyl groups is 1. The van der Waals surface area contributed by atoms with Gasteiger partial charge < -0.3 is 9.63 Å². The minimum atomic E-state index is -0.473. The number of halogens is 1. The molecule has 1 unspecified atom stereocenters. The van der Waals surface area contributed by atoms with Crippen molar-refractivity contribution in [3.63, 3.8) is 0 Å². The highest BCUT2D eigenvalue weighted by atomic mass is 35.5. The molecular formula is C12H13ClN2O2S. The SMILES string of the molecule is CC(O)Cc1nc(CSc2cccc(Cl)c2)no1. The molecule has 18 heavy (non-hydrogen) atoms. The first-order valence-electron chi connectivity index (χ1n) is 5.51. The molecule has 6 heteroatoms. The van der Waals surface area contributed by atoms with Gasteiger partial charge in [0.05, 0.1) is 18.3 Å². The zero-order valence-electron chi connectivity index (χ0n) is 9.84. The van der Waals surface area contributed by atoms with Gasteiger partial charge in [-0.2, -0.15) is 4.98 Å². The van der Waals surface area contributed by atoms with Gasteiger partial charge in [0.2, 0.25) is 5.89 Å². The molecule has 2 rings (SSSR count). The van der Waals surface area contributed by atoms with Crippen molar-refractivity contribution in [3.05, 3.63) is 41.0 Å². The maximum absolute atomic E-state index is 9.21. The summed E-state index contributed by atoms with van der Waals surface area (Å²) in [7, 11) is 0. The fourth-order valence-electron chi connectivity index (χ4n) is 1.39. The molecular weight excluding hydrogens is 272 g/mol. The molecule has 0 spiro atoms. The Labute approximate surface area is 114 Å². The lowest BCUT2D eigenvalue weighted by Crippen LogP contribution is -2.04. The Morgan fingerprint density at radius 2 is 2.33 bits per heavy atom. The third kappa shape index (κ3) is 4.01. The van der Waals surface area contributed by atoms with Crippen molar-refractivity contribution in [1.29, 1.82) is 0 Å². The fourth-order valence-corrected chi connectivity index (χ4v) is 2.44. The van der Waals surface area contributed by atoms with E-state index >= 15 is 0 Å². The van der Waals surface area contributed by atoms with Crippen LogP contribution in [-0.2, 0) is 12.2 Å². The summed E-state index contributed by atoms with van der Waals surface area (Å²) in [4.78, 5) is 5.26. The van der Waals surface area contributed by atoms with Gasteiger partial charge in [-0.15, -0.1) is 11.8 Å². The molecule has 0 aliphatic carbocycles. The summed E-state index contributed by atoms with van der Waals surface area (Å²) in [6, 6.07) is 7.61. The largest absolute Gasteiger partial charge is 0.393 e. The Bertz CT molecular complexity index is 516. The molecule has 1 aromatic carbocycles. The highest BCUT2D eigenvalue weighted by Crippen LogP contribution is 2.24. The van der Waals surface area contributed by atoms with Gasteiger partial charge in [0.1, 0.15) is 0 Å². The average Bonchev–Trinajstić information content (AvgIpc) is 2.73. The summed E-state index contributed by atoms with van der Waals surface area (Å²) in [6.07, 6.45) is -0.0895. The Kier molecular flexibility index (Phi) is 4.63. The van der Waals surface area contributed by atoms with Crippen LogP contribution in [0.4, 0.5) is 0 Å². The highest BCUT2D eigenvalue weighted by molar-refractivity contribution is 7.98. The van der Waals surface area contributed by atoms with Crippen LogP contribution in [0.2, 0.25) is 5.02 Å². The summed E-state index contributed by atoms with van der Waals surface area (Å²) < 4.78 is 5.03. The van der Waals surface area contributed by atoms with Crippen LogP contribution in [0.15, 0.2) is 33.7 Å². The number of aromatic nitrogens is 2. The van der Waals surface area contributed by atoms with Gasteiger partial charge in [0, 0.05) is 9.92 Å². The lowest BCUT2D eigenvalue weighted by atomic mass is 10.3. The Balaban J connectivity index is 1.92. The summed E-state index contributed by atoms with van der Waals surface area (Å²) >= 11 is 7.49. The van der Waals surface area contributed by atoms with E-state index in [2.05, 4.69) is 10.1 Å². The number of aliphatic hydroxyl groups excluding tert-OH is 1. The van der Waals surface area contributed by atoms with Gasteiger partial charge in [-0.3, -0.25) is 0 Å². The van der Waals surface area contributed by atoms with Crippen LogP contribution < -0.4 is 0 Å². The Morgan fingerprint density at radius 3 is 3.06 bits per heavy atom. The molecule has 4 nitrogen and oxygen atoms in total. The van der Waals surface area contributed by atoms with Crippen LogP contribution in [-0.4, -0.2) is 21.4 Å². The van der Waals surface area contributed by atoms with Crippen molar-refractivity contribution >= 4 is 23.4 Å². The van der Waals surface area contributed by atoms with E-state index in [4.69, 9.17) is 16.1 Å². The molecule has 1 heterocycles. The summed E-state index contributed by atoms with van der Waals surface area (Å²) in [5.41, 5.74) is 0. The molecule has 2 aromatic rings. The van der Waals surface area contributed by atoms with Gasteiger partial charge in [-0.05, 0) is 25.1 Å². The van der Waals surface area contributed by atoms with E-state index in [1.54, 1.807) is 18.7 Å². The number of benzene rings is 1. The molecule has 0 aliphatic rings. The number of hydrogen-bond acceptors (Lipinski definition) is 5. The van der Waals surface area contributed by atoms with Crippen molar-refractivity contribution in [3.8, 4) is 0 Å². The average molecular weight is 285 g/mol. The van der Waals surface area contributed by atoms with Crippen LogP contribution in [0, 0.1) is 0 Å². The molecule has 0 fully saturated rings. The molecule has 96 valence electrons. The first-order valence-corrected chi connectivity index (χ1v) is 6.88. The molecule has 1 atom stereocenters. The number of nitrogens with zero attached hydrogens (tertiary/aromatic N) is 2. The Hall–Kier alpha value is -1.04. The van der Waals surface area contributed by atoms with Gasteiger partial charge >= 0.3 is 0 Å². The van der Waals surface area contributed by atoms with Gasteiger partial charge in [-0.25, -0.2) is 0 Å². The van der Waals surface area contributed by atoms with Gasteiger partial charge in [0.25, 0.3) is 0 Å². The predicted octanol–water partition coefficient (Wildman–Crippen LogP) is 2.94. The lowest BCUT2D eigenvalue weighted by molar-refractivity contribution is 0.181. The second-order valence-corrected chi connectivity index (χ2v) is 5.39. The molecule has 0 saturated heterocycles. The highest BCUT2D eigenvalue weighted by Gasteiger charge is 2.09. The topological polar surface area (TPSA) is 59.2 Å². The van der Waals surface area contributed by atoms with Crippen LogP contribution in [0.3, 0.4) is 0 Å². The van der Waals surface area contributed by atoms with Gasteiger partial charge in [-0.1, -0.05) is 22.8 Å². The van der Waals surface area contributed by atoms with Crippen molar-refractivity contribution in [1.82, 2.24) is 10.1 Å². The van der Waals surface area contributed by atoms with Crippen LogP contribution in [0.5, 0.6) is 0 Å². The first-order chi connectivity index (χ1) is 8.63. The van der Waals surface area contributed by atoms with Crippen LogP contribution >= 0.6 is 23.4 Å². The second-order valence-electron chi connectivity index (χ2n) is 3.90. The quantitative estimate of drug-likeness (QED) is 0.856. The van der Waals surface area contributed by atoms with Gasteiger partial charge in [0.15, 0.2) is 5.82 Å². The van der Waals surface area contributed by atoms with E-state index in [-0.39, 0.29) is 0 Å². The second kappa shape index (κ2) is 6.22. The van der Waals surface area contributed by atoms with E-state index < -0.39 is 6.10 Å². The number of hydrogen-bond donors (Lipinski definition) is 1. The summed E-state index contributed by atoms with van der Waals surface area (Å²) in [5, 5.41) is 13.8. The summed E-state index contributed by atoms with van der Waals surface area (Å²) in [6.45, 7) is 1.69. The molecule has 0 radical (unpaired) electrons. The van der Waals surface area contributed by atoms with E-state index in [0.717, 1.165) is 4.90 Å². The lowest BCUT2D eigenvalue weighted by Gasteiger charge is -1.98. The van der Waals surface area contributed by atoms with Crippen molar-refractivity contribution in [2.24, 2.45) is 0 Å². The normalized spacial score (nSPS) is 12.6. The zero-order chi connectivity index (χ0) is 13.0. The molecule has 0 aliphatic heterocycles. The maximum atomic E-state index is 9.21.